The largest absolute Gasteiger partial charge is 0.348 e. The second-order valence-corrected chi connectivity index (χ2v) is 7.21. The van der Waals surface area contributed by atoms with Gasteiger partial charge in [-0.1, -0.05) is 38.0 Å². The number of nitriles is 2. The van der Waals surface area contributed by atoms with Crippen molar-refractivity contribution in [2.24, 2.45) is 5.92 Å². The Bertz CT molecular complexity index is 941. The van der Waals surface area contributed by atoms with Crippen LogP contribution in [0.25, 0.3) is 17.0 Å². The van der Waals surface area contributed by atoms with E-state index in [0.717, 1.165) is 35.7 Å². The molecule has 0 radical (unpaired) electrons. The first-order chi connectivity index (χ1) is 13.1. The maximum atomic E-state index is 12.7. The Morgan fingerprint density at radius 1 is 1.30 bits per heavy atom. The van der Waals surface area contributed by atoms with Crippen molar-refractivity contribution in [1.82, 2.24) is 9.88 Å². The number of aromatic nitrogens is 1. The molecule has 27 heavy (non-hydrogen) atoms. The smallest absolute Gasteiger partial charge is 0.262 e. The molecule has 1 heterocycles. The fourth-order valence-electron chi connectivity index (χ4n) is 3.83. The van der Waals surface area contributed by atoms with Gasteiger partial charge in [-0.25, -0.2) is 0 Å². The lowest BCUT2D eigenvalue weighted by Gasteiger charge is -2.29. The number of rotatable bonds is 5. The predicted molar refractivity (Wildman–Crippen MR) is 105 cm³/mol. The molecule has 5 nitrogen and oxygen atoms in total. The van der Waals surface area contributed by atoms with E-state index in [1.807, 2.05) is 35.0 Å². The average molecular weight is 360 g/mol. The van der Waals surface area contributed by atoms with E-state index in [-0.39, 0.29) is 17.5 Å². The summed E-state index contributed by atoms with van der Waals surface area (Å²) in [6.07, 6.45) is 8.39. The summed E-state index contributed by atoms with van der Waals surface area (Å²) in [4.78, 5) is 12.7. The summed E-state index contributed by atoms with van der Waals surface area (Å²) in [5, 5.41) is 22.4. The molecule has 138 valence electrons. The fourth-order valence-corrected chi connectivity index (χ4v) is 3.83. The van der Waals surface area contributed by atoms with Crippen molar-refractivity contribution in [1.29, 1.82) is 10.5 Å². The van der Waals surface area contributed by atoms with Crippen LogP contribution in [0.5, 0.6) is 0 Å². The average Bonchev–Trinajstić information content (AvgIpc) is 3.04. The van der Waals surface area contributed by atoms with Gasteiger partial charge in [0.25, 0.3) is 5.91 Å². The highest BCUT2D eigenvalue weighted by Crippen LogP contribution is 2.26. The van der Waals surface area contributed by atoms with Gasteiger partial charge in [0.1, 0.15) is 11.6 Å². The molecule has 0 aliphatic heterocycles. The third-order valence-electron chi connectivity index (χ3n) is 5.38. The van der Waals surface area contributed by atoms with Gasteiger partial charge in [-0.3, -0.25) is 4.79 Å². The molecule has 1 aromatic heterocycles. The van der Waals surface area contributed by atoms with Crippen LogP contribution in [0, 0.1) is 28.6 Å². The minimum Gasteiger partial charge on any atom is -0.348 e. The number of hydrogen-bond donors (Lipinski definition) is 1. The zero-order chi connectivity index (χ0) is 19.2. The van der Waals surface area contributed by atoms with Crippen molar-refractivity contribution >= 4 is 22.9 Å². The van der Waals surface area contributed by atoms with Crippen molar-refractivity contribution in [3.63, 3.8) is 0 Å². The van der Waals surface area contributed by atoms with Gasteiger partial charge in [0.2, 0.25) is 0 Å². The topological polar surface area (TPSA) is 81.6 Å². The molecule has 0 unspecified atom stereocenters. The maximum absolute atomic E-state index is 12.7. The highest BCUT2D eigenvalue weighted by Gasteiger charge is 2.24. The van der Waals surface area contributed by atoms with Crippen LogP contribution in [0.1, 0.15) is 44.6 Å². The van der Waals surface area contributed by atoms with Gasteiger partial charge in [-0.2, -0.15) is 10.5 Å². The minimum absolute atomic E-state index is 0.121. The Balaban J connectivity index is 1.88. The van der Waals surface area contributed by atoms with Gasteiger partial charge < -0.3 is 9.88 Å². The van der Waals surface area contributed by atoms with Crippen LogP contribution in [0.2, 0.25) is 0 Å². The van der Waals surface area contributed by atoms with E-state index in [1.54, 1.807) is 6.08 Å². The number of aryl methyl sites for hydroxylation is 1. The molecule has 1 aromatic carbocycles. The first kappa shape index (κ1) is 18.7. The van der Waals surface area contributed by atoms with E-state index < -0.39 is 0 Å². The predicted octanol–water partition coefficient (Wildman–Crippen LogP) is 4.16. The normalized spacial score (nSPS) is 20.0. The number of hydrogen-bond acceptors (Lipinski definition) is 3. The molecule has 3 rings (SSSR count). The molecule has 1 N–H and O–H groups in total. The van der Waals surface area contributed by atoms with Crippen molar-refractivity contribution < 1.29 is 4.79 Å². The van der Waals surface area contributed by atoms with Crippen LogP contribution >= 0.6 is 0 Å². The van der Waals surface area contributed by atoms with Gasteiger partial charge in [0.15, 0.2) is 0 Å². The van der Waals surface area contributed by atoms with E-state index in [9.17, 15) is 10.1 Å². The summed E-state index contributed by atoms with van der Waals surface area (Å²) in [6, 6.07) is 12.2. The van der Waals surface area contributed by atoms with Crippen LogP contribution in [-0.4, -0.2) is 16.5 Å². The summed E-state index contributed by atoms with van der Waals surface area (Å²) < 4.78 is 2.00. The molecule has 2 atom stereocenters. The zero-order valence-corrected chi connectivity index (χ0v) is 15.6. The second-order valence-electron chi connectivity index (χ2n) is 7.21. The molecular formula is C22H24N4O. The minimum atomic E-state index is -0.301. The lowest BCUT2D eigenvalue weighted by Crippen LogP contribution is -2.41. The Hall–Kier alpha value is -3.05. The fraction of sp³-hybridized carbons (Fsp3) is 0.409. The number of benzene rings is 1. The number of nitrogens with zero attached hydrogens (tertiary/aromatic N) is 3. The van der Waals surface area contributed by atoms with Gasteiger partial charge in [-0.05, 0) is 30.9 Å². The lowest BCUT2D eigenvalue weighted by atomic mass is 9.86. The SMILES string of the molecule is C[C@H]1CCCC[C@H]1NC(=O)/C(C#N)=C/c1cn(CCC#N)c2ccccc12. The summed E-state index contributed by atoms with van der Waals surface area (Å²) in [7, 11) is 0. The Morgan fingerprint density at radius 2 is 2.07 bits per heavy atom. The second kappa shape index (κ2) is 8.56. The van der Waals surface area contributed by atoms with Crippen LogP contribution in [0.4, 0.5) is 0 Å². The molecule has 1 aliphatic carbocycles. The molecule has 1 fully saturated rings. The quantitative estimate of drug-likeness (QED) is 0.642. The first-order valence-corrected chi connectivity index (χ1v) is 9.51. The molecule has 0 saturated heterocycles. The molecular weight excluding hydrogens is 336 g/mol. The Labute approximate surface area is 159 Å². The molecule has 2 aromatic rings. The standard InChI is InChI=1S/C22H24N4O/c1-16-7-2-4-9-20(16)25-22(27)17(14-24)13-18-15-26(12-6-11-23)21-10-5-3-8-19(18)21/h3,5,8,10,13,15-16,20H,2,4,6-7,9,12H2,1H3,(H,25,27)/b17-13+/t16-,20+/m0/s1. The van der Waals surface area contributed by atoms with E-state index in [1.165, 1.54) is 6.42 Å². The van der Waals surface area contributed by atoms with Gasteiger partial charge in [0, 0.05) is 35.2 Å². The number of fused-ring (bicyclic) bond motifs is 1. The van der Waals surface area contributed by atoms with Crippen LogP contribution in [0.3, 0.4) is 0 Å². The van der Waals surface area contributed by atoms with E-state index in [4.69, 9.17) is 5.26 Å². The number of carbonyl (C=O) groups is 1. The molecule has 0 spiro atoms. The number of nitrogens with one attached hydrogen (secondary N) is 1. The molecule has 1 aliphatic rings. The molecule has 1 saturated carbocycles. The Kier molecular flexibility index (Phi) is 5.94. The molecule has 0 bridgehead atoms. The third kappa shape index (κ3) is 4.20. The van der Waals surface area contributed by atoms with Crippen molar-refractivity contribution in [3.8, 4) is 12.1 Å². The van der Waals surface area contributed by atoms with Crippen molar-refractivity contribution in [3.05, 3.63) is 41.6 Å². The van der Waals surface area contributed by atoms with E-state index >= 15 is 0 Å². The Morgan fingerprint density at radius 3 is 2.81 bits per heavy atom. The van der Waals surface area contributed by atoms with Crippen molar-refractivity contribution in [2.45, 2.75) is 51.6 Å². The lowest BCUT2D eigenvalue weighted by molar-refractivity contribution is -0.118. The van der Waals surface area contributed by atoms with Crippen LogP contribution in [-0.2, 0) is 11.3 Å². The monoisotopic (exact) mass is 360 g/mol. The highest BCUT2D eigenvalue weighted by molar-refractivity contribution is 6.04. The van der Waals surface area contributed by atoms with Crippen LogP contribution in [0.15, 0.2) is 36.0 Å². The summed E-state index contributed by atoms with van der Waals surface area (Å²) in [5.74, 6) is 0.139. The van der Waals surface area contributed by atoms with Gasteiger partial charge in [-0.15, -0.1) is 0 Å². The number of amides is 1. The van der Waals surface area contributed by atoms with E-state index in [2.05, 4.69) is 24.4 Å². The summed E-state index contributed by atoms with van der Waals surface area (Å²) in [6.45, 7) is 2.74. The van der Waals surface area contributed by atoms with Crippen molar-refractivity contribution in [2.75, 3.05) is 0 Å². The number of para-hydroxylation sites is 1. The maximum Gasteiger partial charge on any atom is 0.262 e. The van der Waals surface area contributed by atoms with E-state index in [0.29, 0.717) is 18.9 Å². The summed E-state index contributed by atoms with van der Waals surface area (Å²) >= 11 is 0. The highest BCUT2D eigenvalue weighted by atomic mass is 16.1. The van der Waals surface area contributed by atoms with Crippen LogP contribution < -0.4 is 5.32 Å². The number of carbonyl (C=O) groups excluding carboxylic acids is 1. The first-order valence-electron chi connectivity index (χ1n) is 9.51. The van der Waals surface area contributed by atoms with Gasteiger partial charge in [0.05, 0.1) is 12.5 Å². The molecule has 5 heteroatoms. The summed E-state index contributed by atoms with van der Waals surface area (Å²) in [5.41, 5.74) is 1.94. The van der Waals surface area contributed by atoms with Gasteiger partial charge >= 0.3 is 0 Å². The molecule has 1 amide bonds. The zero-order valence-electron chi connectivity index (χ0n) is 15.6. The third-order valence-corrected chi connectivity index (χ3v) is 5.38.